The first-order chi connectivity index (χ1) is 10.4. The number of rotatable bonds is 4. The molecule has 0 amide bonds. The zero-order chi connectivity index (χ0) is 14.5. The van der Waals surface area contributed by atoms with Gasteiger partial charge in [0.15, 0.2) is 0 Å². The summed E-state index contributed by atoms with van der Waals surface area (Å²) in [5.74, 6) is 2.01. The quantitative estimate of drug-likeness (QED) is 0.935. The highest BCUT2D eigenvalue weighted by molar-refractivity contribution is 5.63. The van der Waals surface area contributed by atoms with Crippen LogP contribution in [-0.4, -0.2) is 36.1 Å². The number of aryl methyl sites for hydroxylation is 1. The lowest BCUT2D eigenvalue weighted by Crippen LogP contribution is -2.44. The van der Waals surface area contributed by atoms with Crippen LogP contribution in [0.5, 0.6) is 0 Å². The molecule has 1 fully saturated rings. The monoisotopic (exact) mass is 282 g/mol. The maximum Gasteiger partial charge on any atom is 0.132 e. The van der Waals surface area contributed by atoms with Crippen LogP contribution in [0.4, 0.5) is 5.82 Å². The summed E-state index contributed by atoms with van der Waals surface area (Å²) in [7, 11) is 0. The van der Waals surface area contributed by atoms with Crippen LogP contribution in [0, 0.1) is 0 Å². The van der Waals surface area contributed by atoms with Gasteiger partial charge >= 0.3 is 0 Å². The van der Waals surface area contributed by atoms with E-state index >= 15 is 0 Å². The second-order valence-electron chi connectivity index (χ2n) is 5.38. The van der Waals surface area contributed by atoms with E-state index in [1.807, 2.05) is 6.07 Å². The first kappa shape index (κ1) is 14.0. The highest BCUT2D eigenvalue weighted by Gasteiger charge is 2.14. The Morgan fingerprint density at radius 3 is 2.57 bits per heavy atom. The molecule has 0 aliphatic carbocycles. The van der Waals surface area contributed by atoms with Crippen molar-refractivity contribution in [2.75, 3.05) is 31.1 Å². The molecule has 0 atom stereocenters. The maximum absolute atomic E-state index is 4.76. The fourth-order valence-corrected chi connectivity index (χ4v) is 2.63. The number of nitrogens with zero attached hydrogens (tertiary/aromatic N) is 3. The topological polar surface area (TPSA) is 41.1 Å². The Labute approximate surface area is 126 Å². The van der Waals surface area contributed by atoms with Crippen molar-refractivity contribution in [3.05, 3.63) is 42.2 Å². The summed E-state index contributed by atoms with van der Waals surface area (Å²) in [5.41, 5.74) is 2.19. The van der Waals surface area contributed by atoms with Gasteiger partial charge in [-0.1, -0.05) is 37.3 Å². The van der Waals surface area contributed by atoms with Crippen LogP contribution in [0.25, 0.3) is 11.3 Å². The normalized spacial score (nSPS) is 15.2. The van der Waals surface area contributed by atoms with Gasteiger partial charge in [-0.25, -0.2) is 9.97 Å². The van der Waals surface area contributed by atoms with Gasteiger partial charge in [-0.15, -0.1) is 0 Å². The lowest BCUT2D eigenvalue weighted by atomic mass is 10.1. The predicted molar refractivity (Wildman–Crippen MR) is 86.5 cm³/mol. The first-order valence-electron chi connectivity index (χ1n) is 7.76. The largest absolute Gasteiger partial charge is 0.354 e. The minimum Gasteiger partial charge on any atom is -0.354 e. The summed E-state index contributed by atoms with van der Waals surface area (Å²) >= 11 is 0. The Balaban J connectivity index is 1.97. The molecule has 4 nitrogen and oxygen atoms in total. The maximum atomic E-state index is 4.76. The molecule has 3 rings (SSSR count). The third-order valence-electron chi connectivity index (χ3n) is 3.74. The molecule has 110 valence electrons. The first-order valence-corrected chi connectivity index (χ1v) is 7.76. The highest BCUT2D eigenvalue weighted by atomic mass is 15.2. The van der Waals surface area contributed by atoms with Crippen LogP contribution in [0.3, 0.4) is 0 Å². The van der Waals surface area contributed by atoms with Gasteiger partial charge in [-0.2, -0.15) is 0 Å². The number of piperazine rings is 1. The van der Waals surface area contributed by atoms with Crippen LogP contribution in [0.15, 0.2) is 36.4 Å². The number of nitrogens with one attached hydrogen (secondary N) is 1. The summed E-state index contributed by atoms with van der Waals surface area (Å²) in [5, 5.41) is 3.39. The standard InChI is InChI=1S/C17H22N4/c1-2-6-16-19-15(14-7-4-3-5-8-14)13-17(20-16)21-11-9-18-10-12-21/h3-5,7-8,13,18H,2,6,9-12H2,1H3. The molecule has 0 unspecified atom stereocenters. The minimum absolute atomic E-state index is 0.930. The molecule has 1 aliphatic heterocycles. The zero-order valence-corrected chi connectivity index (χ0v) is 12.5. The number of hydrogen-bond acceptors (Lipinski definition) is 4. The number of hydrogen-bond donors (Lipinski definition) is 1. The van der Waals surface area contributed by atoms with Crippen molar-refractivity contribution in [2.45, 2.75) is 19.8 Å². The van der Waals surface area contributed by atoms with Gasteiger partial charge in [0.25, 0.3) is 0 Å². The van der Waals surface area contributed by atoms with Crippen molar-refractivity contribution in [1.82, 2.24) is 15.3 Å². The van der Waals surface area contributed by atoms with Gasteiger partial charge in [0.1, 0.15) is 11.6 Å². The van der Waals surface area contributed by atoms with Crippen LogP contribution in [0.1, 0.15) is 19.2 Å². The van der Waals surface area contributed by atoms with E-state index in [-0.39, 0.29) is 0 Å². The van der Waals surface area contributed by atoms with Gasteiger partial charge < -0.3 is 10.2 Å². The Morgan fingerprint density at radius 2 is 1.86 bits per heavy atom. The zero-order valence-electron chi connectivity index (χ0n) is 12.5. The van der Waals surface area contributed by atoms with Gasteiger partial charge in [-0.3, -0.25) is 0 Å². The number of anilines is 1. The van der Waals surface area contributed by atoms with Crippen molar-refractivity contribution in [1.29, 1.82) is 0 Å². The van der Waals surface area contributed by atoms with Crippen LogP contribution >= 0.6 is 0 Å². The third kappa shape index (κ3) is 3.39. The average Bonchev–Trinajstić information content (AvgIpc) is 2.56. The molecule has 2 heterocycles. The second kappa shape index (κ2) is 6.68. The summed E-state index contributed by atoms with van der Waals surface area (Å²) in [6.07, 6.45) is 2.00. The van der Waals surface area contributed by atoms with Gasteiger partial charge in [-0.05, 0) is 6.42 Å². The van der Waals surface area contributed by atoms with Gasteiger partial charge in [0.05, 0.1) is 5.69 Å². The minimum atomic E-state index is 0.930. The van der Waals surface area contributed by atoms with Gasteiger partial charge in [0.2, 0.25) is 0 Å². The SMILES string of the molecule is CCCc1nc(-c2ccccc2)cc(N2CCNCC2)n1. The van der Waals surface area contributed by atoms with E-state index in [1.54, 1.807) is 0 Å². The molecular formula is C17H22N4. The Hall–Kier alpha value is -1.94. The van der Waals surface area contributed by atoms with Crippen molar-refractivity contribution in [2.24, 2.45) is 0 Å². The molecule has 1 N–H and O–H groups in total. The van der Waals surface area contributed by atoms with Crippen molar-refractivity contribution in [3.63, 3.8) is 0 Å². The molecule has 1 aliphatic rings. The molecule has 21 heavy (non-hydrogen) atoms. The lowest BCUT2D eigenvalue weighted by molar-refractivity contribution is 0.583. The molecule has 0 spiro atoms. The summed E-state index contributed by atoms with van der Waals surface area (Å²) in [6.45, 7) is 6.23. The van der Waals surface area contributed by atoms with Crippen molar-refractivity contribution in [3.8, 4) is 11.3 Å². The fourth-order valence-electron chi connectivity index (χ4n) is 2.63. The molecule has 1 aromatic carbocycles. The van der Waals surface area contributed by atoms with E-state index in [0.29, 0.717) is 0 Å². The van der Waals surface area contributed by atoms with E-state index in [2.05, 4.69) is 47.5 Å². The highest BCUT2D eigenvalue weighted by Crippen LogP contribution is 2.22. The van der Waals surface area contributed by atoms with E-state index in [0.717, 1.165) is 61.9 Å². The molecule has 0 bridgehead atoms. The number of benzene rings is 1. The van der Waals surface area contributed by atoms with E-state index < -0.39 is 0 Å². The third-order valence-corrected chi connectivity index (χ3v) is 3.74. The molecule has 1 aromatic heterocycles. The smallest absolute Gasteiger partial charge is 0.132 e. The van der Waals surface area contributed by atoms with E-state index in [1.165, 1.54) is 0 Å². The molecular weight excluding hydrogens is 260 g/mol. The second-order valence-corrected chi connectivity index (χ2v) is 5.38. The fraction of sp³-hybridized carbons (Fsp3) is 0.412. The molecule has 0 saturated carbocycles. The molecule has 4 heteroatoms. The Kier molecular flexibility index (Phi) is 4.46. The average molecular weight is 282 g/mol. The van der Waals surface area contributed by atoms with Crippen molar-refractivity contribution >= 4 is 5.82 Å². The van der Waals surface area contributed by atoms with Crippen LogP contribution < -0.4 is 10.2 Å². The molecule has 1 saturated heterocycles. The Bertz CT molecular complexity index is 577. The lowest BCUT2D eigenvalue weighted by Gasteiger charge is -2.28. The van der Waals surface area contributed by atoms with Crippen LogP contribution in [0.2, 0.25) is 0 Å². The summed E-state index contributed by atoms with van der Waals surface area (Å²) in [6, 6.07) is 12.5. The predicted octanol–water partition coefficient (Wildman–Crippen LogP) is 2.51. The van der Waals surface area contributed by atoms with Gasteiger partial charge in [0, 0.05) is 44.2 Å². The molecule has 0 radical (unpaired) electrons. The van der Waals surface area contributed by atoms with Crippen LogP contribution in [-0.2, 0) is 6.42 Å². The summed E-state index contributed by atoms with van der Waals surface area (Å²) in [4.78, 5) is 11.8. The molecule has 2 aromatic rings. The number of aromatic nitrogens is 2. The van der Waals surface area contributed by atoms with Crippen molar-refractivity contribution < 1.29 is 0 Å². The van der Waals surface area contributed by atoms with E-state index in [4.69, 9.17) is 9.97 Å². The summed E-state index contributed by atoms with van der Waals surface area (Å²) < 4.78 is 0. The van der Waals surface area contributed by atoms with E-state index in [9.17, 15) is 0 Å². The Morgan fingerprint density at radius 1 is 1.10 bits per heavy atom.